The Morgan fingerprint density at radius 1 is 0.500 bits per heavy atom. The fourth-order valence-corrected chi connectivity index (χ4v) is 2.19. The SMILES string of the molecule is CCOCCOCCOC(=O)CCCCCCC(=O)OCCOCCOCC. The standard InChI is InChI=1S/C20H38O8/c1-3-23-11-13-25-15-17-27-19(21)9-7-5-6-8-10-20(22)28-18-16-26-14-12-24-4-2/h3-18H2,1-2H3. The molecule has 28 heavy (non-hydrogen) atoms. The summed E-state index contributed by atoms with van der Waals surface area (Å²) in [7, 11) is 0. The van der Waals surface area contributed by atoms with Gasteiger partial charge in [0.05, 0.1) is 39.6 Å². The van der Waals surface area contributed by atoms with Crippen LogP contribution in [0.2, 0.25) is 0 Å². The normalized spacial score (nSPS) is 10.8. The summed E-state index contributed by atoms with van der Waals surface area (Å²) in [5.41, 5.74) is 0. The average molecular weight is 407 g/mol. The fraction of sp³-hybridized carbons (Fsp3) is 0.900. The van der Waals surface area contributed by atoms with Crippen LogP contribution in [0.15, 0.2) is 0 Å². The Bertz CT molecular complexity index is 328. The lowest BCUT2D eigenvalue weighted by atomic mass is 10.1. The molecule has 0 aliphatic rings. The highest BCUT2D eigenvalue weighted by molar-refractivity contribution is 5.69. The molecule has 0 saturated heterocycles. The molecule has 0 aromatic rings. The first-order chi connectivity index (χ1) is 13.7. The molecule has 0 atom stereocenters. The zero-order valence-corrected chi connectivity index (χ0v) is 17.6. The van der Waals surface area contributed by atoms with Crippen molar-refractivity contribution in [3.05, 3.63) is 0 Å². The molecule has 0 aromatic carbocycles. The van der Waals surface area contributed by atoms with E-state index in [1.54, 1.807) is 0 Å². The molecule has 0 unspecified atom stereocenters. The third kappa shape index (κ3) is 21.1. The predicted octanol–water partition coefficient (Wildman–Crippen LogP) is 2.52. The summed E-state index contributed by atoms with van der Waals surface area (Å²) in [6.45, 7) is 8.64. The molecular weight excluding hydrogens is 368 g/mol. The van der Waals surface area contributed by atoms with E-state index in [0.717, 1.165) is 25.7 Å². The molecule has 8 heteroatoms. The van der Waals surface area contributed by atoms with Crippen LogP contribution in [0.3, 0.4) is 0 Å². The molecule has 0 rings (SSSR count). The fourth-order valence-electron chi connectivity index (χ4n) is 2.19. The summed E-state index contributed by atoms with van der Waals surface area (Å²) < 4.78 is 30.9. The highest BCUT2D eigenvalue weighted by Crippen LogP contribution is 2.07. The second-order valence-corrected chi connectivity index (χ2v) is 5.97. The third-order valence-electron chi connectivity index (χ3n) is 3.65. The molecule has 0 aliphatic carbocycles. The number of carbonyl (C=O) groups excluding carboxylic acids is 2. The number of carbonyl (C=O) groups is 2. The summed E-state index contributed by atoms with van der Waals surface area (Å²) in [6, 6.07) is 0. The summed E-state index contributed by atoms with van der Waals surface area (Å²) in [5, 5.41) is 0. The Hall–Kier alpha value is -1.22. The minimum atomic E-state index is -0.211. The molecule has 0 saturated carbocycles. The Balaban J connectivity index is 3.28. The lowest BCUT2D eigenvalue weighted by molar-refractivity contribution is -0.146. The van der Waals surface area contributed by atoms with E-state index in [0.29, 0.717) is 65.7 Å². The maximum atomic E-state index is 11.6. The Kier molecular flexibility index (Phi) is 21.1. The van der Waals surface area contributed by atoms with E-state index in [4.69, 9.17) is 28.4 Å². The monoisotopic (exact) mass is 406 g/mol. The molecule has 0 bridgehead atoms. The minimum absolute atomic E-state index is 0.211. The smallest absolute Gasteiger partial charge is 0.305 e. The van der Waals surface area contributed by atoms with Gasteiger partial charge >= 0.3 is 11.9 Å². The first-order valence-corrected chi connectivity index (χ1v) is 10.3. The van der Waals surface area contributed by atoms with Gasteiger partial charge in [0.15, 0.2) is 0 Å². The first-order valence-electron chi connectivity index (χ1n) is 10.3. The predicted molar refractivity (Wildman–Crippen MR) is 104 cm³/mol. The average Bonchev–Trinajstić information content (AvgIpc) is 2.69. The van der Waals surface area contributed by atoms with Crippen molar-refractivity contribution in [3.63, 3.8) is 0 Å². The lowest BCUT2D eigenvalue weighted by Crippen LogP contribution is -2.13. The van der Waals surface area contributed by atoms with E-state index in [2.05, 4.69) is 0 Å². The maximum Gasteiger partial charge on any atom is 0.305 e. The number of esters is 2. The zero-order chi connectivity index (χ0) is 20.7. The van der Waals surface area contributed by atoms with Crippen LogP contribution in [0.5, 0.6) is 0 Å². The minimum Gasteiger partial charge on any atom is -0.463 e. The third-order valence-corrected chi connectivity index (χ3v) is 3.65. The van der Waals surface area contributed by atoms with Gasteiger partial charge in [-0.25, -0.2) is 0 Å². The van der Waals surface area contributed by atoms with Crippen LogP contribution < -0.4 is 0 Å². The molecule has 166 valence electrons. The first kappa shape index (κ1) is 26.8. The van der Waals surface area contributed by atoms with Gasteiger partial charge in [0.25, 0.3) is 0 Å². The molecule has 0 heterocycles. The molecule has 0 amide bonds. The largest absolute Gasteiger partial charge is 0.463 e. The molecular formula is C20H38O8. The number of hydrogen-bond acceptors (Lipinski definition) is 8. The van der Waals surface area contributed by atoms with E-state index in [1.807, 2.05) is 13.8 Å². The highest BCUT2D eigenvalue weighted by atomic mass is 16.6. The van der Waals surface area contributed by atoms with Crippen molar-refractivity contribution >= 4 is 11.9 Å². The van der Waals surface area contributed by atoms with Gasteiger partial charge in [-0.2, -0.15) is 0 Å². The topological polar surface area (TPSA) is 89.5 Å². The van der Waals surface area contributed by atoms with Crippen LogP contribution in [0.4, 0.5) is 0 Å². The molecule has 0 aliphatic heterocycles. The van der Waals surface area contributed by atoms with Crippen LogP contribution in [-0.2, 0) is 38.0 Å². The molecule has 0 aromatic heterocycles. The van der Waals surface area contributed by atoms with Gasteiger partial charge in [-0.15, -0.1) is 0 Å². The molecule has 0 fully saturated rings. The van der Waals surface area contributed by atoms with Crippen molar-refractivity contribution in [2.24, 2.45) is 0 Å². The number of rotatable bonds is 21. The molecule has 8 nitrogen and oxygen atoms in total. The maximum absolute atomic E-state index is 11.6. The van der Waals surface area contributed by atoms with Crippen LogP contribution in [0.1, 0.15) is 52.4 Å². The van der Waals surface area contributed by atoms with Crippen LogP contribution in [0, 0.1) is 0 Å². The summed E-state index contributed by atoms with van der Waals surface area (Å²) in [4.78, 5) is 23.1. The van der Waals surface area contributed by atoms with Crippen LogP contribution in [0.25, 0.3) is 0 Å². The number of hydrogen-bond donors (Lipinski definition) is 0. The molecule has 0 spiro atoms. The van der Waals surface area contributed by atoms with Crippen molar-refractivity contribution in [3.8, 4) is 0 Å². The Morgan fingerprint density at radius 2 is 0.857 bits per heavy atom. The van der Waals surface area contributed by atoms with Crippen molar-refractivity contribution in [2.75, 3.05) is 66.1 Å². The van der Waals surface area contributed by atoms with Crippen molar-refractivity contribution < 1.29 is 38.0 Å². The van der Waals surface area contributed by atoms with E-state index >= 15 is 0 Å². The van der Waals surface area contributed by atoms with Gasteiger partial charge in [0.1, 0.15) is 13.2 Å². The van der Waals surface area contributed by atoms with Crippen LogP contribution in [-0.4, -0.2) is 78.0 Å². The molecule has 0 radical (unpaired) electrons. The Labute approximate surface area is 169 Å². The second-order valence-electron chi connectivity index (χ2n) is 5.97. The quantitative estimate of drug-likeness (QED) is 0.212. The van der Waals surface area contributed by atoms with Gasteiger partial charge in [0, 0.05) is 26.1 Å². The van der Waals surface area contributed by atoms with Crippen molar-refractivity contribution in [2.45, 2.75) is 52.4 Å². The van der Waals surface area contributed by atoms with E-state index < -0.39 is 0 Å². The zero-order valence-electron chi connectivity index (χ0n) is 17.6. The number of ether oxygens (including phenoxy) is 6. The van der Waals surface area contributed by atoms with E-state index in [-0.39, 0.29) is 25.2 Å². The second kappa shape index (κ2) is 22.1. The number of unbranched alkanes of at least 4 members (excludes halogenated alkanes) is 3. The summed E-state index contributed by atoms with van der Waals surface area (Å²) in [6.07, 6.45) is 4.06. The highest BCUT2D eigenvalue weighted by Gasteiger charge is 2.05. The van der Waals surface area contributed by atoms with E-state index in [9.17, 15) is 9.59 Å². The summed E-state index contributed by atoms with van der Waals surface area (Å²) in [5.74, 6) is -0.422. The van der Waals surface area contributed by atoms with Gasteiger partial charge in [-0.3, -0.25) is 9.59 Å². The summed E-state index contributed by atoms with van der Waals surface area (Å²) >= 11 is 0. The van der Waals surface area contributed by atoms with Gasteiger partial charge in [-0.1, -0.05) is 12.8 Å². The van der Waals surface area contributed by atoms with Gasteiger partial charge < -0.3 is 28.4 Å². The van der Waals surface area contributed by atoms with Gasteiger partial charge in [-0.05, 0) is 26.7 Å². The lowest BCUT2D eigenvalue weighted by Gasteiger charge is -2.07. The molecule has 0 N–H and O–H groups in total. The van der Waals surface area contributed by atoms with Crippen LogP contribution >= 0.6 is 0 Å². The van der Waals surface area contributed by atoms with Crippen molar-refractivity contribution in [1.82, 2.24) is 0 Å². The Morgan fingerprint density at radius 3 is 1.25 bits per heavy atom. The van der Waals surface area contributed by atoms with Gasteiger partial charge in [0.2, 0.25) is 0 Å². The van der Waals surface area contributed by atoms with E-state index in [1.165, 1.54) is 0 Å². The van der Waals surface area contributed by atoms with Crippen molar-refractivity contribution in [1.29, 1.82) is 0 Å².